The first kappa shape index (κ1) is 14.4. The summed E-state index contributed by atoms with van der Waals surface area (Å²) in [5, 5.41) is 3.19. The van der Waals surface area contributed by atoms with E-state index in [0.29, 0.717) is 23.5 Å². The molecule has 2 aromatic carbocycles. The molecule has 2 aromatic rings. The van der Waals surface area contributed by atoms with Crippen molar-refractivity contribution in [3.63, 3.8) is 0 Å². The van der Waals surface area contributed by atoms with Crippen molar-refractivity contribution < 1.29 is 9.53 Å². The molecule has 5 heteroatoms. The number of hydrogen-bond acceptors (Lipinski definition) is 4. The highest BCUT2D eigenvalue weighted by atomic mass is 79.9. The molecular weight excluding hydrogens is 320 g/mol. The average molecular weight is 335 g/mol. The highest BCUT2D eigenvalue weighted by Gasteiger charge is 2.13. The summed E-state index contributed by atoms with van der Waals surface area (Å²) >= 11 is 3.38. The monoisotopic (exact) mass is 334 g/mol. The number of halogens is 1. The third-order valence-corrected chi connectivity index (χ3v) is 3.19. The lowest BCUT2D eigenvalue weighted by Crippen LogP contribution is -2.08. The fourth-order valence-corrected chi connectivity index (χ4v) is 2.00. The van der Waals surface area contributed by atoms with E-state index in [-0.39, 0.29) is 5.97 Å². The number of anilines is 3. The van der Waals surface area contributed by atoms with E-state index in [0.717, 1.165) is 10.2 Å². The number of nitrogens with two attached hydrogens (primary N) is 1. The molecule has 0 aromatic heterocycles. The highest BCUT2D eigenvalue weighted by Crippen LogP contribution is 2.25. The van der Waals surface area contributed by atoms with Crippen molar-refractivity contribution in [1.82, 2.24) is 0 Å². The summed E-state index contributed by atoms with van der Waals surface area (Å²) in [5.74, 6) is -0.389. The first-order valence-corrected chi connectivity index (χ1v) is 6.98. The summed E-state index contributed by atoms with van der Waals surface area (Å²) in [5.41, 5.74) is 8.23. The van der Waals surface area contributed by atoms with Crippen LogP contribution < -0.4 is 11.1 Å². The van der Waals surface area contributed by atoms with Crippen molar-refractivity contribution in [3.8, 4) is 0 Å². The molecule has 0 unspecified atom stereocenters. The zero-order valence-corrected chi connectivity index (χ0v) is 12.6. The summed E-state index contributed by atoms with van der Waals surface area (Å²) in [7, 11) is 0. The minimum atomic E-state index is -0.389. The van der Waals surface area contributed by atoms with E-state index in [4.69, 9.17) is 10.5 Å². The smallest absolute Gasteiger partial charge is 0.340 e. The molecule has 2 rings (SSSR count). The van der Waals surface area contributed by atoms with Crippen LogP contribution in [0.3, 0.4) is 0 Å². The van der Waals surface area contributed by atoms with E-state index in [1.54, 1.807) is 25.1 Å². The molecule has 4 nitrogen and oxygen atoms in total. The Morgan fingerprint density at radius 2 is 1.95 bits per heavy atom. The van der Waals surface area contributed by atoms with Gasteiger partial charge in [0.25, 0.3) is 0 Å². The van der Waals surface area contributed by atoms with E-state index < -0.39 is 0 Å². The van der Waals surface area contributed by atoms with Crippen LogP contribution >= 0.6 is 15.9 Å². The van der Waals surface area contributed by atoms with Crippen LogP contribution in [0.25, 0.3) is 0 Å². The molecule has 0 saturated heterocycles. The molecule has 3 N–H and O–H groups in total. The van der Waals surface area contributed by atoms with Crippen molar-refractivity contribution in [2.75, 3.05) is 17.7 Å². The second-order valence-electron chi connectivity index (χ2n) is 4.16. The largest absolute Gasteiger partial charge is 0.462 e. The second kappa shape index (κ2) is 6.43. The van der Waals surface area contributed by atoms with Gasteiger partial charge in [-0.25, -0.2) is 4.79 Å². The Labute approximate surface area is 126 Å². The molecule has 20 heavy (non-hydrogen) atoms. The number of carbonyl (C=O) groups is 1. The van der Waals surface area contributed by atoms with E-state index in [1.165, 1.54) is 0 Å². The van der Waals surface area contributed by atoms with Gasteiger partial charge >= 0.3 is 5.97 Å². The molecule has 0 saturated carbocycles. The Morgan fingerprint density at radius 3 is 2.60 bits per heavy atom. The third kappa shape index (κ3) is 3.51. The predicted octanol–water partition coefficient (Wildman–Crippen LogP) is 3.95. The van der Waals surface area contributed by atoms with Crippen LogP contribution in [0.1, 0.15) is 17.3 Å². The molecule has 0 aliphatic heterocycles. The van der Waals surface area contributed by atoms with Gasteiger partial charge in [-0.2, -0.15) is 0 Å². The Morgan fingerprint density at radius 1 is 1.25 bits per heavy atom. The summed E-state index contributed by atoms with van der Waals surface area (Å²) < 4.78 is 6.03. The summed E-state index contributed by atoms with van der Waals surface area (Å²) in [6, 6.07) is 12.8. The van der Waals surface area contributed by atoms with Gasteiger partial charge in [0.2, 0.25) is 0 Å². The van der Waals surface area contributed by atoms with Gasteiger partial charge < -0.3 is 15.8 Å². The molecule has 0 atom stereocenters. The summed E-state index contributed by atoms with van der Waals surface area (Å²) in [4.78, 5) is 11.9. The number of rotatable bonds is 4. The van der Waals surface area contributed by atoms with Crippen LogP contribution in [-0.2, 0) is 4.74 Å². The number of nitrogens with one attached hydrogen (secondary N) is 1. The van der Waals surface area contributed by atoms with E-state index in [9.17, 15) is 4.79 Å². The van der Waals surface area contributed by atoms with Crippen LogP contribution in [0.15, 0.2) is 46.9 Å². The Kier molecular flexibility index (Phi) is 4.63. The summed E-state index contributed by atoms with van der Waals surface area (Å²) in [6.45, 7) is 2.09. The van der Waals surface area contributed by atoms with Gasteiger partial charge in [0.1, 0.15) is 0 Å². The second-order valence-corrected chi connectivity index (χ2v) is 5.07. The average Bonchev–Trinajstić information content (AvgIpc) is 2.43. The number of hydrogen-bond donors (Lipinski definition) is 2. The fourth-order valence-electron chi connectivity index (χ4n) is 1.74. The molecule has 0 aliphatic rings. The van der Waals surface area contributed by atoms with Crippen LogP contribution in [0.4, 0.5) is 17.1 Å². The van der Waals surface area contributed by atoms with Crippen LogP contribution in [0, 0.1) is 0 Å². The minimum Gasteiger partial charge on any atom is -0.462 e. The minimum absolute atomic E-state index is 0.325. The molecule has 0 spiro atoms. The Hall–Kier alpha value is -2.01. The van der Waals surface area contributed by atoms with Crippen LogP contribution in [0.5, 0.6) is 0 Å². The van der Waals surface area contributed by atoms with Gasteiger partial charge in [0.15, 0.2) is 0 Å². The molecule has 0 radical (unpaired) electrons. The fraction of sp³-hybridized carbons (Fsp3) is 0.133. The Bertz CT molecular complexity index is 612. The van der Waals surface area contributed by atoms with Gasteiger partial charge in [-0.1, -0.05) is 15.9 Å². The van der Waals surface area contributed by atoms with Crippen molar-refractivity contribution in [1.29, 1.82) is 0 Å². The van der Waals surface area contributed by atoms with Gasteiger partial charge in [-0.3, -0.25) is 0 Å². The first-order chi connectivity index (χ1) is 9.60. The van der Waals surface area contributed by atoms with E-state index in [2.05, 4.69) is 21.2 Å². The highest BCUT2D eigenvalue weighted by molar-refractivity contribution is 9.10. The quantitative estimate of drug-likeness (QED) is 0.656. The molecular formula is C15H15BrN2O2. The molecule has 0 bridgehead atoms. The zero-order valence-electron chi connectivity index (χ0n) is 11.0. The lowest BCUT2D eigenvalue weighted by molar-refractivity contribution is 0.0527. The lowest BCUT2D eigenvalue weighted by atomic mass is 10.1. The van der Waals surface area contributed by atoms with Crippen molar-refractivity contribution in [2.24, 2.45) is 0 Å². The van der Waals surface area contributed by atoms with Gasteiger partial charge in [0.05, 0.1) is 17.9 Å². The number of esters is 1. The maximum absolute atomic E-state index is 11.9. The standard InChI is InChI=1S/C15H15BrN2O2/c1-2-20-15(19)13-9-11(17)5-8-14(13)18-12-6-3-10(16)4-7-12/h3-9,18H,2,17H2,1H3. The summed E-state index contributed by atoms with van der Waals surface area (Å²) in [6.07, 6.45) is 0. The number of ether oxygens (including phenoxy) is 1. The van der Waals surface area contributed by atoms with Gasteiger partial charge in [-0.05, 0) is 49.4 Å². The Balaban J connectivity index is 2.31. The molecule has 104 valence electrons. The lowest BCUT2D eigenvalue weighted by Gasteiger charge is -2.12. The van der Waals surface area contributed by atoms with Gasteiger partial charge in [0, 0.05) is 15.8 Å². The number of nitrogen functional groups attached to an aromatic ring is 1. The maximum atomic E-state index is 11.9. The zero-order chi connectivity index (χ0) is 14.5. The predicted molar refractivity (Wildman–Crippen MR) is 84.2 cm³/mol. The SMILES string of the molecule is CCOC(=O)c1cc(N)ccc1Nc1ccc(Br)cc1. The molecule has 0 fully saturated rings. The third-order valence-electron chi connectivity index (χ3n) is 2.66. The topological polar surface area (TPSA) is 64.3 Å². The number of carbonyl (C=O) groups excluding carboxylic acids is 1. The van der Waals surface area contributed by atoms with Gasteiger partial charge in [-0.15, -0.1) is 0 Å². The van der Waals surface area contributed by atoms with E-state index >= 15 is 0 Å². The van der Waals surface area contributed by atoms with Crippen LogP contribution in [0.2, 0.25) is 0 Å². The van der Waals surface area contributed by atoms with Crippen molar-refractivity contribution >= 4 is 39.0 Å². The maximum Gasteiger partial charge on any atom is 0.340 e. The van der Waals surface area contributed by atoms with Crippen molar-refractivity contribution in [3.05, 3.63) is 52.5 Å². The molecule has 0 amide bonds. The molecule has 0 heterocycles. The first-order valence-electron chi connectivity index (χ1n) is 6.19. The number of benzene rings is 2. The van der Waals surface area contributed by atoms with Crippen molar-refractivity contribution in [2.45, 2.75) is 6.92 Å². The normalized spacial score (nSPS) is 10.1. The van der Waals surface area contributed by atoms with E-state index in [1.807, 2.05) is 24.3 Å². The molecule has 0 aliphatic carbocycles. The van der Waals surface area contributed by atoms with Crippen LogP contribution in [-0.4, -0.2) is 12.6 Å².